The van der Waals surface area contributed by atoms with E-state index in [9.17, 15) is 4.21 Å². The first-order valence-electron chi connectivity index (χ1n) is 5.74. The molecular formula is C12H15Cl2NOS. The van der Waals surface area contributed by atoms with Crippen molar-refractivity contribution >= 4 is 34.0 Å². The minimum Gasteiger partial charge on any atom is -0.310 e. The number of halogens is 2. The molecule has 0 aromatic heterocycles. The molecule has 1 heterocycles. The Morgan fingerprint density at radius 2 is 2.12 bits per heavy atom. The van der Waals surface area contributed by atoms with E-state index in [1.807, 2.05) is 0 Å². The van der Waals surface area contributed by atoms with Crippen LogP contribution in [0.1, 0.15) is 31.4 Å². The molecule has 0 saturated carbocycles. The van der Waals surface area contributed by atoms with E-state index in [0.29, 0.717) is 15.8 Å². The summed E-state index contributed by atoms with van der Waals surface area (Å²) in [5.74, 6) is 0.662. The van der Waals surface area contributed by atoms with Gasteiger partial charge in [-0.05, 0) is 31.5 Å². The maximum absolute atomic E-state index is 12.2. The molecule has 1 aliphatic rings. The van der Waals surface area contributed by atoms with Crippen LogP contribution in [0.5, 0.6) is 0 Å². The summed E-state index contributed by atoms with van der Waals surface area (Å²) in [6.45, 7) is 2.92. The van der Waals surface area contributed by atoms with Crippen LogP contribution in [0.4, 0.5) is 0 Å². The number of fused-ring (bicyclic) bond motifs is 1. The molecule has 1 aromatic rings. The predicted octanol–water partition coefficient (Wildman–Crippen LogP) is 3.55. The predicted molar refractivity (Wildman–Crippen MR) is 73.4 cm³/mol. The number of hydrogen-bond acceptors (Lipinski definition) is 2. The molecule has 94 valence electrons. The van der Waals surface area contributed by atoms with Gasteiger partial charge in [0.05, 0.1) is 20.7 Å². The van der Waals surface area contributed by atoms with E-state index in [4.69, 9.17) is 23.2 Å². The Hall–Kier alpha value is -0.0900. The summed E-state index contributed by atoms with van der Waals surface area (Å²) < 4.78 is 12.2. The van der Waals surface area contributed by atoms with Gasteiger partial charge in [0.1, 0.15) is 0 Å². The Morgan fingerprint density at radius 1 is 1.41 bits per heavy atom. The third-order valence-corrected chi connectivity index (χ3v) is 5.26. The molecular weight excluding hydrogens is 277 g/mol. The van der Waals surface area contributed by atoms with Crippen molar-refractivity contribution in [1.82, 2.24) is 5.32 Å². The van der Waals surface area contributed by atoms with Crippen LogP contribution in [0.2, 0.25) is 10.0 Å². The Balaban J connectivity index is 2.57. The highest BCUT2D eigenvalue weighted by molar-refractivity contribution is 7.85. The Labute approximate surface area is 114 Å². The van der Waals surface area contributed by atoms with Crippen LogP contribution in [-0.4, -0.2) is 16.5 Å². The first-order chi connectivity index (χ1) is 8.15. The van der Waals surface area contributed by atoms with Crippen LogP contribution in [0.25, 0.3) is 0 Å². The van der Waals surface area contributed by atoms with Gasteiger partial charge in [0.25, 0.3) is 0 Å². The monoisotopic (exact) mass is 291 g/mol. The zero-order valence-corrected chi connectivity index (χ0v) is 12.0. The average molecular weight is 292 g/mol. The molecule has 1 N–H and O–H groups in total. The molecule has 5 heteroatoms. The molecule has 0 saturated heterocycles. The van der Waals surface area contributed by atoms with E-state index in [1.165, 1.54) is 0 Å². The standard InChI is InChI=1S/C12H15Cl2NOS/c1-2-15-10-4-3-7-17(16)12-9(14)6-5-8(13)11(10)12/h5-6,10,15H,2-4,7H2,1H3. The van der Waals surface area contributed by atoms with Gasteiger partial charge in [0.15, 0.2) is 0 Å². The topological polar surface area (TPSA) is 29.1 Å². The summed E-state index contributed by atoms with van der Waals surface area (Å²) in [7, 11) is -1.04. The fourth-order valence-electron chi connectivity index (χ4n) is 2.22. The molecule has 0 fully saturated rings. The number of benzene rings is 1. The van der Waals surface area contributed by atoms with Gasteiger partial charge in [-0.3, -0.25) is 4.21 Å². The van der Waals surface area contributed by atoms with E-state index in [2.05, 4.69) is 12.2 Å². The van der Waals surface area contributed by atoms with Crippen LogP contribution in [0.15, 0.2) is 17.0 Å². The van der Waals surface area contributed by atoms with Gasteiger partial charge < -0.3 is 5.32 Å². The lowest BCUT2D eigenvalue weighted by Crippen LogP contribution is -2.21. The molecule has 2 atom stereocenters. The van der Waals surface area contributed by atoms with Gasteiger partial charge in [-0.1, -0.05) is 30.1 Å². The molecule has 0 amide bonds. The average Bonchev–Trinajstić information content (AvgIpc) is 2.46. The van der Waals surface area contributed by atoms with Crippen molar-refractivity contribution in [2.24, 2.45) is 0 Å². The highest BCUT2D eigenvalue weighted by Crippen LogP contribution is 2.38. The van der Waals surface area contributed by atoms with Crippen molar-refractivity contribution in [2.75, 3.05) is 12.3 Å². The molecule has 2 nitrogen and oxygen atoms in total. The van der Waals surface area contributed by atoms with Crippen molar-refractivity contribution in [3.8, 4) is 0 Å². The van der Waals surface area contributed by atoms with E-state index in [0.717, 1.165) is 29.8 Å². The van der Waals surface area contributed by atoms with Crippen LogP contribution < -0.4 is 5.32 Å². The largest absolute Gasteiger partial charge is 0.310 e. The quantitative estimate of drug-likeness (QED) is 0.903. The summed E-state index contributed by atoms with van der Waals surface area (Å²) in [6, 6.07) is 3.68. The third-order valence-electron chi connectivity index (χ3n) is 2.94. The summed E-state index contributed by atoms with van der Waals surface area (Å²) in [5.41, 5.74) is 0.928. The molecule has 1 aromatic carbocycles. The maximum Gasteiger partial charge on any atom is 0.0636 e. The van der Waals surface area contributed by atoms with Crippen LogP contribution in [0.3, 0.4) is 0 Å². The highest BCUT2D eigenvalue weighted by Gasteiger charge is 2.26. The van der Waals surface area contributed by atoms with Crippen LogP contribution in [0, 0.1) is 0 Å². The van der Waals surface area contributed by atoms with E-state index >= 15 is 0 Å². The highest BCUT2D eigenvalue weighted by atomic mass is 35.5. The molecule has 0 bridgehead atoms. The fourth-order valence-corrected chi connectivity index (χ4v) is 4.40. The van der Waals surface area contributed by atoms with Crippen molar-refractivity contribution < 1.29 is 4.21 Å². The molecule has 2 unspecified atom stereocenters. The van der Waals surface area contributed by atoms with Gasteiger partial charge >= 0.3 is 0 Å². The minimum absolute atomic E-state index is 0.160. The first kappa shape index (κ1) is 13.3. The maximum atomic E-state index is 12.2. The number of hydrogen-bond donors (Lipinski definition) is 1. The molecule has 1 aliphatic heterocycles. The Kier molecular flexibility index (Phi) is 4.47. The summed E-state index contributed by atoms with van der Waals surface area (Å²) in [5, 5.41) is 4.61. The lowest BCUT2D eigenvalue weighted by Gasteiger charge is -2.19. The first-order valence-corrected chi connectivity index (χ1v) is 7.82. The summed E-state index contributed by atoms with van der Waals surface area (Å²) in [6.07, 6.45) is 1.87. The van der Waals surface area contributed by atoms with Gasteiger partial charge in [-0.15, -0.1) is 0 Å². The second-order valence-corrected chi connectivity index (χ2v) is 6.40. The lowest BCUT2D eigenvalue weighted by molar-refractivity contribution is 0.509. The van der Waals surface area contributed by atoms with Gasteiger partial charge in [0, 0.05) is 22.4 Å². The smallest absolute Gasteiger partial charge is 0.0636 e. The zero-order valence-electron chi connectivity index (χ0n) is 9.63. The number of rotatable bonds is 2. The minimum atomic E-state index is -1.04. The van der Waals surface area contributed by atoms with Gasteiger partial charge in [-0.2, -0.15) is 0 Å². The van der Waals surface area contributed by atoms with E-state index in [1.54, 1.807) is 12.1 Å². The molecule has 2 rings (SSSR count). The normalized spacial score (nSPS) is 24.2. The third kappa shape index (κ3) is 2.68. The van der Waals surface area contributed by atoms with Crippen LogP contribution in [-0.2, 0) is 10.8 Å². The van der Waals surface area contributed by atoms with Gasteiger partial charge in [-0.25, -0.2) is 0 Å². The molecule has 17 heavy (non-hydrogen) atoms. The van der Waals surface area contributed by atoms with E-state index < -0.39 is 10.8 Å². The molecule has 0 aliphatic carbocycles. The molecule has 0 radical (unpaired) electrons. The fraction of sp³-hybridized carbons (Fsp3) is 0.500. The SMILES string of the molecule is CCNC1CCCS(=O)c2c(Cl)ccc(Cl)c21. The number of nitrogens with one attached hydrogen (secondary N) is 1. The lowest BCUT2D eigenvalue weighted by atomic mass is 10.0. The zero-order chi connectivity index (χ0) is 12.4. The Bertz CT molecular complexity index is 450. The Morgan fingerprint density at radius 3 is 2.82 bits per heavy atom. The van der Waals surface area contributed by atoms with Crippen molar-refractivity contribution in [3.63, 3.8) is 0 Å². The molecule has 0 spiro atoms. The van der Waals surface area contributed by atoms with Crippen molar-refractivity contribution in [2.45, 2.75) is 30.7 Å². The van der Waals surface area contributed by atoms with Gasteiger partial charge in [0.2, 0.25) is 0 Å². The summed E-state index contributed by atoms with van der Waals surface area (Å²) in [4.78, 5) is 0.725. The second-order valence-electron chi connectivity index (χ2n) is 4.07. The second kappa shape index (κ2) is 5.70. The van der Waals surface area contributed by atoms with Crippen molar-refractivity contribution in [3.05, 3.63) is 27.7 Å². The van der Waals surface area contributed by atoms with Crippen LogP contribution >= 0.6 is 23.2 Å². The van der Waals surface area contributed by atoms with E-state index in [-0.39, 0.29) is 6.04 Å². The van der Waals surface area contributed by atoms with Crippen molar-refractivity contribution in [1.29, 1.82) is 0 Å². The summed E-state index contributed by atoms with van der Waals surface area (Å²) >= 11 is 12.4.